The van der Waals surface area contributed by atoms with Crippen molar-refractivity contribution in [1.82, 2.24) is 5.32 Å². The molecule has 2 rings (SSSR count). The quantitative estimate of drug-likeness (QED) is 0.803. The molecule has 0 saturated heterocycles. The minimum absolute atomic E-state index is 0.249. The van der Waals surface area contributed by atoms with E-state index in [1.807, 2.05) is 11.4 Å². The van der Waals surface area contributed by atoms with E-state index >= 15 is 0 Å². The molecule has 0 saturated carbocycles. The van der Waals surface area contributed by atoms with Crippen LogP contribution >= 0.6 is 38.9 Å². The Morgan fingerprint density at radius 2 is 2.05 bits per heavy atom. The molecule has 100 valence electrons. The second-order valence-corrected chi connectivity index (χ2v) is 5.98. The Hall–Kier alpha value is -0.980. The molecule has 0 aliphatic rings. The number of carbonyl (C=O) groups is 1. The number of hydrogen-bond donors (Lipinski definition) is 1. The van der Waals surface area contributed by atoms with Crippen LogP contribution in [0.25, 0.3) is 0 Å². The van der Waals surface area contributed by atoms with Gasteiger partial charge in [0, 0.05) is 14.7 Å². The Balaban J connectivity index is 2.10. The zero-order valence-electron chi connectivity index (χ0n) is 9.34. The molecule has 1 N–H and O–H groups in total. The van der Waals surface area contributed by atoms with Crippen molar-refractivity contribution in [3.8, 4) is 0 Å². The molecule has 1 heterocycles. The lowest BCUT2D eigenvalue weighted by Gasteiger charge is -2.06. The van der Waals surface area contributed by atoms with Gasteiger partial charge in [-0.25, -0.2) is 8.78 Å². The standard InChI is InChI=1S/C12H7BrClF2NOS/c13-6-1-7(19-5-6)4-17-12(18)8-2-11(16)9(14)3-10(8)15/h1-3,5H,4H2,(H,17,18). The highest BCUT2D eigenvalue weighted by Crippen LogP contribution is 2.21. The van der Waals surface area contributed by atoms with E-state index in [0.717, 1.165) is 21.5 Å². The number of nitrogens with one attached hydrogen (secondary N) is 1. The highest BCUT2D eigenvalue weighted by atomic mass is 79.9. The van der Waals surface area contributed by atoms with Gasteiger partial charge < -0.3 is 5.32 Å². The van der Waals surface area contributed by atoms with Crippen molar-refractivity contribution in [3.05, 3.63) is 55.1 Å². The van der Waals surface area contributed by atoms with Gasteiger partial charge in [0.15, 0.2) is 0 Å². The van der Waals surface area contributed by atoms with Gasteiger partial charge in [0.1, 0.15) is 11.6 Å². The topological polar surface area (TPSA) is 29.1 Å². The number of benzene rings is 1. The molecular weight excluding hydrogens is 360 g/mol. The zero-order chi connectivity index (χ0) is 14.0. The summed E-state index contributed by atoms with van der Waals surface area (Å²) in [6.07, 6.45) is 0. The van der Waals surface area contributed by atoms with Gasteiger partial charge in [0.05, 0.1) is 17.1 Å². The lowest BCUT2D eigenvalue weighted by molar-refractivity contribution is 0.0947. The molecular formula is C12H7BrClF2NOS. The molecule has 0 atom stereocenters. The van der Waals surface area contributed by atoms with E-state index in [-0.39, 0.29) is 17.1 Å². The number of halogens is 4. The predicted molar refractivity (Wildman–Crippen MR) is 74.6 cm³/mol. The minimum Gasteiger partial charge on any atom is -0.347 e. The molecule has 2 aromatic rings. The average Bonchev–Trinajstić information content (AvgIpc) is 2.77. The van der Waals surface area contributed by atoms with Crippen molar-refractivity contribution in [3.63, 3.8) is 0 Å². The first-order chi connectivity index (χ1) is 8.97. The second-order valence-electron chi connectivity index (χ2n) is 3.66. The van der Waals surface area contributed by atoms with Crippen molar-refractivity contribution in [1.29, 1.82) is 0 Å². The molecule has 19 heavy (non-hydrogen) atoms. The van der Waals surface area contributed by atoms with Crippen LogP contribution in [0.1, 0.15) is 15.2 Å². The summed E-state index contributed by atoms with van der Waals surface area (Å²) in [6.45, 7) is 0.249. The number of rotatable bonds is 3. The summed E-state index contributed by atoms with van der Waals surface area (Å²) in [7, 11) is 0. The van der Waals surface area contributed by atoms with Crippen LogP contribution in [0, 0.1) is 11.6 Å². The number of amides is 1. The Labute approximate surface area is 125 Å². The lowest BCUT2D eigenvalue weighted by atomic mass is 10.2. The third-order valence-corrected chi connectivity index (χ3v) is 4.29. The first kappa shape index (κ1) is 14.4. The van der Waals surface area contributed by atoms with E-state index < -0.39 is 17.5 Å². The normalized spacial score (nSPS) is 10.5. The van der Waals surface area contributed by atoms with Crippen molar-refractivity contribution < 1.29 is 13.6 Å². The van der Waals surface area contributed by atoms with Gasteiger partial charge >= 0.3 is 0 Å². The molecule has 0 fully saturated rings. The molecule has 1 aromatic heterocycles. The largest absolute Gasteiger partial charge is 0.347 e. The van der Waals surface area contributed by atoms with Crippen molar-refractivity contribution in [2.75, 3.05) is 0 Å². The van der Waals surface area contributed by atoms with Crippen LogP contribution in [0.2, 0.25) is 5.02 Å². The summed E-state index contributed by atoms with van der Waals surface area (Å²) in [5, 5.41) is 4.03. The van der Waals surface area contributed by atoms with E-state index in [4.69, 9.17) is 11.6 Å². The van der Waals surface area contributed by atoms with E-state index in [1.54, 1.807) is 0 Å². The van der Waals surface area contributed by atoms with Crippen LogP contribution in [0.4, 0.5) is 8.78 Å². The first-order valence-corrected chi connectivity index (χ1v) is 7.18. The Morgan fingerprint density at radius 1 is 1.32 bits per heavy atom. The lowest BCUT2D eigenvalue weighted by Crippen LogP contribution is -2.23. The van der Waals surface area contributed by atoms with Crippen LogP contribution in [0.3, 0.4) is 0 Å². The number of carbonyl (C=O) groups excluding carboxylic acids is 1. The molecule has 1 aromatic carbocycles. The maximum atomic E-state index is 13.5. The number of hydrogen-bond acceptors (Lipinski definition) is 2. The molecule has 2 nitrogen and oxygen atoms in total. The summed E-state index contributed by atoms with van der Waals surface area (Å²) in [5.74, 6) is -2.36. The number of thiophene rings is 1. The van der Waals surface area contributed by atoms with Gasteiger partial charge in [0.2, 0.25) is 0 Å². The maximum Gasteiger partial charge on any atom is 0.254 e. The third kappa shape index (κ3) is 3.52. The van der Waals surface area contributed by atoms with Gasteiger partial charge in [-0.3, -0.25) is 4.79 Å². The fourth-order valence-corrected chi connectivity index (χ4v) is 2.95. The fourth-order valence-electron chi connectivity index (χ4n) is 1.41. The molecule has 0 aliphatic heterocycles. The van der Waals surface area contributed by atoms with E-state index in [1.165, 1.54) is 11.3 Å². The van der Waals surface area contributed by atoms with E-state index in [0.29, 0.717) is 0 Å². The van der Waals surface area contributed by atoms with Crippen LogP contribution < -0.4 is 5.32 Å². The first-order valence-electron chi connectivity index (χ1n) is 5.13. The summed E-state index contributed by atoms with van der Waals surface area (Å²) < 4.78 is 27.6. The highest BCUT2D eigenvalue weighted by Gasteiger charge is 2.15. The highest BCUT2D eigenvalue weighted by molar-refractivity contribution is 9.10. The Morgan fingerprint density at radius 3 is 2.68 bits per heavy atom. The summed E-state index contributed by atoms with van der Waals surface area (Å²) in [6, 6.07) is 3.41. The fraction of sp³-hybridized carbons (Fsp3) is 0.0833. The van der Waals surface area contributed by atoms with Gasteiger partial charge in [-0.1, -0.05) is 11.6 Å². The van der Waals surface area contributed by atoms with Crippen molar-refractivity contribution >= 4 is 44.8 Å². The van der Waals surface area contributed by atoms with Crippen LogP contribution in [0.5, 0.6) is 0 Å². The van der Waals surface area contributed by atoms with Crippen LogP contribution in [-0.4, -0.2) is 5.91 Å². The van der Waals surface area contributed by atoms with Gasteiger partial charge in [0.25, 0.3) is 5.91 Å². The SMILES string of the molecule is O=C(NCc1cc(Br)cs1)c1cc(F)c(Cl)cc1F. The zero-order valence-corrected chi connectivity index (χ0v) is 12.5. The maximum absolute atomic E-state index is 13.5. The van der Waals surface area contributed by atoms with Gasteiger partial charge in [-0.2, -0.15) is 0 Å². The average molecular weight is 367 g/mol. The van der Waals surface area contributed by atoms with Crippen molar-refractivity contribution in [2.24, 2.45) is 0 Å². The van der Waals surface area contributed by atoms with Crippen LogP contribution in [-0.2, 0) is 6.54 Å². The smallest absolute Gasteiger partial charge is 0.254 e. The summed E-state index contributed by atoms with van der Waals surface area (Å²) >= 11 is 10.1. The molecule has 0 spiro atoms. The van der Waals surface area contributed by atoms with Gasteiger partial charge in [-0.05, 0) is 34.1 Å². The third-order valence-electron chi connectivity index (χ3n) is 2.30. The summed E-state index contributed by atoms with van der Waals surface area (Å²) in [5.41, 5.74) is -0.363. The summed E-state index contributed by atoms with van der Waals surface area (Å²) in [4.78, 5) is 12.6. The minimum atomic E-state index is -0.851. The second kappa shape index (κ2) is 5.98. The van der Waals surface area contributed by atoms with Gasteiger partial charge in [-0.15, -0.1) is 11.3 Å². The Kier molecular flexibility index (Phi) is 4.54. The molecule has 0 radical (unpaired) electrons. The van der Waals surface area contributed by atoms with Crippen LogP contribution in [0.15, 0.2) is 28.1 Å². The molecule has 0 aliphatic carbocycles. The molecule has 1 amide bonds. The monoisotopic (exact) mass is 365 g/mol. The molecule has 0 unspecified atom stereocenters. The van der Waals surface area contributed by atoms with Crippen molar-refractivity contribution in [2.45, 2.75) is 6.54 Å². The molecule has 7 heteroatoms. The Bertz CT molecular complexity index is 632. The van der Waals surface area contributed by atoms with E-state index in [9.17, 15) is 13.6 Å². The van der Waals surface area contributed by atoms with E-state index in [2.05, 4.69) is 21.2 Å². The predicted octanol–water partition coefficient (Wildman–Crippen LogP) is 4.37. The molecule has 0 bridgehead atoms.